The third kappa shape index (κ3) is 5.14. The molecule has 0 spiro atoms. The summed E-state index contributed by atoms with van der Waals surface area (Å²) < 4.78 is 7.46. The van der Waals surface area contributed by atoms with E-state index in [1.807, 2.05) is 53.8 Å². The Labute approximate surface area is 228 Å². The Morgan fingerprint density at radius 2 is 1.84 bits per heavy atom. The number of para-hydroxylation sites is 1. The van der Waals surface area contributed by atoms with Gasteiger partial charge in [0.2, 0.25) is 5.91 Å². The van der Waals surface area contributed by atoms with Crippen molar-refractivity contribution in [3.8, 4) is 0 Å². The minimum absolute atomic E-state index is 0.174. The van der Waals surface area contributed by atoms with E-state index in [-0.39, 0.29) is 12.5 Å². The van der Waals surface area contributed by atoms with Gasteiger partial charge in [0.05, 0.1) is 16.5 Å². The summed E-state index contributed by atoms with van der Waals surface area (Å²) in [6.07, 6.45) is 0.574. The molecule has 3 aromatic heterocycles. The molecule has 0 aliphatic rings. The molecule has 5 rings (SSSR count). The molecule has 0 fully saturated rings. The number of thioether (sulfide) groups is 1. The van der Waals surface area contributed by atoms with Crippen LogP contribution in [0, 0.1) is 20.8 Å². The lowest BCUT2D eigenvalue weighted by Crippen LogP contribution is -2.24. The largest absolute Gasteiger partial charge is 0.457 e. The minimum atomic E-state index is -0.460. The number of rotatable bonds is 8. The van der Waals surface area contributed by atoms with E-state index in [2.05, 4.69) is 46.5 Å². The van der Waals surface area contributed by atoms with Crippen LogP contribution in [0.25, 0.3) is 16.6 Å². The second-order valence-corrected chi connectivity index (χ2v) is 11.1. The van der Waals surface area contributed by atoms with Crippen LogP contribution in [0.1, 0.15) is 45.4 Å². The number of nitrogens with zero attached hydrogens (tertiary/aromatic N) is 4. The van der Waals surface area contributed by atoms with Gasteiger partial charge in [-0.2, -0.15) is 0 Å². The first-order valence-electron chi connectivity index (χ1n) is 12.3. The van der Waals surface area contributed by atoms with Crippen LogP contribution < -0.4 is 5.32 Å². The van der Waals surface area contributed by atoms with E-state index in [4.69, 9.17) is 4.74 Å². The first-order chi connectivity index (χ1) is 18.4. The molecule has 194 valence electrons. The van der Waals surface area contributed by atoms with Crippen LogP contribution in [0.2, 0.25) is 0 Å². The fourth-order valence-corrected chi connectivity index (χ4v) is 6.10. The number of aromatic nitrogens is 4. The minimum Gasteiger partial charge on any atom is -0.457 e. The summed E-state index contributed by atoms with van der Waals surface area (Å²) in [6, 6.07) is 17.7. The zero-order valence-electron chi connectivity index (χ0n) is 21.5. The van der Waals surface area contributed by atoms with Gasteiger partial charge in [-0.1, -0.05) is 78.6 Å². The topological polar surface area (TPSA) is 98.5 Å². The van der Waals surface area contributed by atoms with Gasteiger partial charge in [0.15, 0.2) is 15.9 Å². The predicted molar refractivity (Wildman–Crippen MR) is 151 cm³/mol. The van der Waals surface area contributed by atoms with Gasteiger partial charge < -0.3 is 10.1 Å². The number of amides is 1. The van der Waals surface area contributed by atoms with E-state index in [1.165, 1.54) is 11.8 Å². The quantitative estimate of drug-likeness (QED) is 0.185. The van der Waals surface area contributed by atoms with Crippen molar-refractivity contribution < 1.29 is 14.3 Å². The highest BCUT2D eigenvalue weighted by molar-refractivity contribution is 8.00. The monoisotopic (exact) mass is 545 g/mol. The molecule has 0 radical (unpaired) electrons. The number of benzene rings is 2. The van der Waals surface area contributed by atoms with E-state index in [0.717, 1.165) is 44.6 Å². The molecule has 0 aliphatic carbocycles. The number of ether oxygens (including phenoxy) is 1. The summed E-state index contributed by atoms with van der Waals surface area (Å²) in [7, 11) is 0. The van der Waals surface area contributed by atoms with Gasteiger partial charge in [-0.15, -0.1) is 10.2 Å². The number of hydrogen-bond acceptors (Lipinski definition) is 8. The van der Waals surface area contributed by atoms with Gasteiger partial charge in [-0.25, -0.2) is 9.78 Å². The molecule has 38 heavy (non-hydrogen) atoms. The van der Waals surface area contributed by atoms with Gasteiger partial charge in [0.1, 0.15) is 11.5 Å². The van der Waals surface area contributed by atoms with Crippen molar-refractivity contribution in [1.29, 1.82) is 0 Å². The number of hydrogen-bond donors (Lipinski definition) is 1. The van der Waals surface area contributed by atoms with E-state index < -0.39 is 11.2 Å². The Bertz CT molecular complexity index is 1650. The predicted octanol–water partition coefficient (Wildman–Crippen LogP) is 6.13. The second kappa shape index (κ2) is 10.9. The Morgan fingerprint density at radius 1 is 1.05 bits per heavy atom. The molecule has 0 bridgehead atoms. The number of nitrogens with one attached hydrogen (secondary N) is 1. The van der Waals surface area contributed by atoms with Crippen LogP contribution >= 0.6 is 23.1 Å². The lowest BCUT2D eigenvalue weighted by atomic mass is 10.1. The van der Waals surface area contributed by atoms with Gasteiger partial charge in [-0.3, -0.25) is 9.20 Å². The highest BCUT2D eigenvalue weighted by atomic mass is 32.2. The second-order valence-electron chi connectivity index (χ2n) is 8.97. The average Bonchev–Trinajstić information content (AvgIpc) is 3.48. The maximum Gasteiger partial charge on any atom is 0.350 e. The zero-order chi connectivity index (χ0) is 26.8. The van der Waals surface area contributed by atoms with Crippen LogP contribution in [0.5, 0.6) is 0 Å². The van der Waals surface area contributed by atoms with Crippen LogP contribution in [-0.2, 0) is 16.1 Å². The number of aryl methyl sites for hydroxylation is 3. The van der Waals surface area contributed by atoms with Crippen molar-refractivity contribution in [1.82, 2.24) is 19.6 Å². The maximum atomic E-state index is 13.3. The third-order valence-electron chi connectivity index (χ3n) is 6.23. The van der Waals surface area contributed by atoms with E-state index in [1.54, 1.807) is 6.92 Å². The van der Waals surface area contributed by atoms with E-state index in [9.17, 15) is 9.59 Å². The van der Waals surface area contributed by atoms with Crippen molar-refractivity contribution in [3.63, 3.8) is 0 Å². The Morgan fingerprint density at radius 3 is 2.61 bits per heavy atom. The molecule has 2 aromatic carbocycles. The summed E-state index contributed by atoms with van der Waals surface area (Å²) in [5.74, 6) is -0.668. The molecule has 1 amide bonds. The zero-order valence-corrected chi connectivity index (χ0v) is 23.2. The SMILES string of the molecule is CCC(Sc1nnc2cc(C)c3cccc(C)c3n12)C(=O)Nc1nc(C)c(C(=O)OCc2ccccc2)s1. The molecular weight excluding hydrogens is 518 g/mol. The van der Waals surface area contributed by atoms with Gasteiger partial charge in [0, 0.05) is 5.39 Å². The van der Waals surface area contributed by atoms with Crippen LogP contribution in [0.15, 0.2) is 59.8 Å². The molecule has 0 saturated carbocycles. The summed E-state index contributed by atoms with van der Waals surface area (Å²) in [4.78, 5) is 30.7. The smallest absolute Gasteiger partial charge is 0.350 e. The molecule has 8 nitrogen and oxygen atoms in total. The standard InChI is InChI=1S/C28H27N5O3S2/c1-5-21(37-28-32-31-22-14-17(3)20-13-9-10-16(2)23(20)33(22)28)25(34)30-27-29-18(4)24(38-27)26(35)36-15-19-11-7-6-8-12-19/h6-14,21H,5,15H2,1-4H3,(H,29,30,34). The van der Waals surface area contributed by atoms with Crippen LogP contribution in [0.4, 0.5) is 5.13 Å². The van der Waals surface area contributed by atoms with Gasteiger partial charge in [0.25, 0.3) is 0 Å². The van der Waals surface area contributed by atoms with Crippen molar-refractivity contribution in [2.24, 2.45) is 0 Å². The summed E-state index contributed by atoms with van der Waals surface area (Å²) >= 11 is 2.48. The number of carbonyl (C=O) groups excluding carboxylic acids is 2. The molecule has 0 saturated heterocycles. The lowest BCUT2D eigenvalue weighted by molar-refractivity contribution is -0.115. The first-order valence-corrected chi connectivity index (χ1v) is 14.0. The Hall–Kier alpha value is -3.76. The van der Waals surface area contributed by atoms with E-state index in [0.29, 0.717) is 27.3 Å². The van der Waals surface area contributed by atoms with Crippen LogP contribution in [0.3, 0.4) is 0 Å². The number of pyridine rings is 1. The molecular formula is C28H27N5O3S2. The van der Waals surface area contributed by atoms with Crippen LogP contribution in [-0.4, -0.2) is 36.7 Å². The van der Waals surface area contributed by atoms with E-state index >= 15 is 0 Å². The number of carbonyl (C=O) groups is 2. The summed E-state index contributed by atoms with van der Waals surface area (Å²) in [6.45, 7) is 7.98. The molecule has 1 N–H and O–H groups in total. The maximum absolute atomic E-state index is 13.3. The lowest BCUT2D eigenvalue weighted by Gasteiger charge is -2.14. The first kappa shape index (κ1) is 25.9. The number of fused-ring (bicyclic) bond motifs is 3. The number of thiazole rings is 1. The number of esters is 1. The molecule has 0 aliphatic heterocycles. The summed E-state index contributed by atoms with van der Waals surface area (Å²) in [5, 5.41) is 13.4. The van der Waals surface area contributed by atoms with Crippen molar-refractivity contribution >= 4 is 56.7 Å². The normalized spacial score (nSPS) is 12.1. The highest BCUT2D eigenvalue weighted by Gasteiger charge is 2.25. The fourth-order valence-electron chi connectivity index (χ4n) is 4.27. The Kier molecular flexibility index (Phi) is 7.44. The average molecular weight is 546 g/mol. The molecule has 10 heteroatoms. The molecule has 1 unspecified atom stereocenters. The molecule has 5 aromatic rings. The molecule has 3 heterocycles. The van der Waals surface area contributed by atoms with Crippen molar-refractivity contribution in [3.05, 3.63) is 81.9 Å². The Balaban J connectivity index is 1.33. The van der Waals surface area contributed by atoms with Gasteiger partial charge in [-0.05, 0) is 49.9 Å². The molecule has 1 atom stereocenters. The fraction of sp³-hybridized carbons (Fsp3) is 0.250. The van der Waals surface area contributed by atoms with Gasteiger partial charge >= 0.3 is 5.97 Å². The van der Waals surface area contributed by atoms with Crippen molar-refractivity contribution in [2.45, 2.75) is 51.1 Å². The third-order valence-corrected chi connectivity index (χ3v) is 8.59. The summed E-state index contributed by atoms with van der Waals surface area (Å²) in [5.41, 5.74) is 5.45. The highest BCUT2D eigenvalue weighted by Crippen LogP contribution is 2.32. The van der Waals surface area contributed by atoms with Crippen molar-refractivity contribution in [2.75, 3.05) is 5.32 Å². The number of anilines is 1.